The van der Waals surface area contributed by atoms with Crippen molar-refractivity contribution in [1.82, 2.24) is 19.0 Å². The highest BCUT2D eigenvalue weighted by molar-refractivity contribution is 9.10. The van der Waals surface area contributed by atoms with Gasteiger partial charge in [-0.15, -0.1) is 0 Å². The minimum atomic E-state index is -3.58. The second kappa shape index (κ2) is 7.27. The lowest BCUT2D eigenvalue weighted by Gasteiger charge is -2.22. The largest absolute Gasteiger partial charge is 0.337 e. The number of nitrogens with zero attached hydrogens (tertiary/aromatic N) is 4. The smallest absolute Gasteiger partial charge is 0.255 e. The number of carbonyl (C=O) groups excluding carboxylic acids is 1. The molecule has 0 unspecified atom stereocenters. The quantitative estimate of drug-likeness (QED) is 0.748. The van der Waals surface area contributed by atoms with Gasteiger partial charge in [-0.25, -0.2) is 8.42 Å². The van der Waals surface area contributed by atoms with Gasteiger partial charge in [0.25, 0.3) is 5.91 Å². The molecule has 134 valence electrons. The van der Waals surface area contributed by atoms with Crippen LogP contribution in [0, 0.1) is 0 Å². The van der Waals surface area contributed by atoms with Gasteiger partial charge in [0.2, 0.25) is 10.0 Å². The molecule has 3 rings (SSSR count). The number of benzene rings is 1. The van der Waals surface area contributed by atoms with Gasteiger partial charge in [-0.3, -0.25) is 9.48 Å². The second-order valence-electron chi connectivity index (χ2n) is 5.88. The Morgan fingerprint density at radius 2 is 1.92 bits per heavy atom. The van der Waals surface area contributed by atoms with Crippen LogP contribution in [0.4, 0.5) is 0 Å². The third-order valence-corrected chi connectivity index (χ3v) is 6.71. The van der Waals surface area contributed by atoms with E-state index in [0.29, 0.717) is 31.6 Å². The van der Waals surface area contributed by atoms with Crippen molar-refractivity contribution >= 4 is 31.9 Å². The molecule has 1 aliphatic rings. The molecule has 0 bridgehead atoms. The Hall–Kier alpha value is -1.71. The first-order valence-electron chi connectivity index (χ1n) is 7.92. The molecule has 7 nitrogen and oxygen atoms in total. The fourth-order valence-corrected chi connectivity index (χ4v) is 4.73. The predicted octanol–water partition coefficient (Wildman–Crippen LogP) is 1.72. The Labute approximate surface area is 155 Å². The molecule has 0 saturated carbocycles. The van der Waals surface area contributed by atoms with Crippen LogP contribution in [0.3, 0.4) is 0 Å². The van der Waals surface area contributed by atoms with Gasteiger partial charge in [-0.05, 0) is 34.5 Å². The summed E-state index contributed by atoms with van der Waals surface area (Å²) in [5.41, 5.74) is 0.589. The van der Waals surface area contributed by atoms with E-state index < -0.39 is 10.0 Å². The summed E-state index contributed by atoms with van der Waals surface area (Å²) in [7, 11) is -1.90. The highest BCUT2D eigenvalue weighted by atomic mass is 79.9. The van der Waals surface area contributed by atoms with Gasteiger partial charge >= 0.3 is 0 Å². The number of hydrogen-bond acceptors (Lipinski definition) is 4. The molecule has 1 aliphatic heterocycles. The molecule has 25 heavy (non-hydrogen) atoms. The van der Waals surface area contributed by atoms with E-state index in [1.807, 2.05) is 18.2 Å². The zero-order valence-electron chi connectivity index (χ0n) is 13.8. The summed E-state index contributed by atoms with van der Waals surface area (Å²) in [6.07, 6.45) is 3.43. The number of amides is 1. The number of sulfonamides is 1. The molecule has 1 saturated heterocycles. The maximum atomic E-state index is 12.7. The van der Waals surface area contributed by atoms with E-state index in [0.717, 1.165) is 4.47 Å². The molecule has 2 aromatic rings. The first-order valence-corrected chi connectivity index (χ1v) is 10.2. The van der Waals surface area contributed by atoms with Crippen LogP contribution in [0.2, 0.25) is 0 Å². The van der Waals surface area contributed by atoms with Crippen molar-refractivity contribution in [2.75, 3.05) is 26.2 Å². The SMILES string of the molecule is Cn1cc(S(=O)(=O)N2CCCN(C(=O)c3ccccc3Br)CC2)cn1. The standard InChI is InChI=1S/C16H19BrN4O3S/c1-19-12-13(11-18-19)25(23,24)21-8-4-7-20(9-10-21)16(22)14-5-2-3-6-15(14)17/h2-3,5-6,11-12H,4,7-10H2,1H3. The molecule has 0 radical (unpaired) electrons. The van der Waals surface area contributed by atoms with Crippen molar-refractivity contribution in [2.24, 2.45) is 7.05 Å². The van der Waals surface area contributed by atoms with E-state index in [1.54, 1.807) is 18.0 Å². The molecule has 0 N–H and O–H groups in total. The molecule has 9 heteroatoms. The van der Waals surface area contributed by atoms with Crippen LogP contribution in [0.5, 0.6) is 0 Å². The minimum absolute atomic E-state index is 0.0897. The van der Waals surface area contributed by atoms with E-state index in [-0.39, 0.29) is 17.3 Å². The molecule has 0 aliphatic carbocycles. The topological polar surface area (TPSA) is 75.5 Å². The first-order chi connectivity index (χ1) is 11.9. The summed E-state index contributed by atoms with van der Waals surface area (Å²) < 4.78 is 29.1. The van der Waals surface area contributed by atoms with Crippen LogP contribution in [0.25, 0.3) is 0 Å². The third-order valence-electron chi connectivity index (χ3n) is 4.17. The number of carbonyl (C=O) groups is 1. The number of halogens is 1. The highest BCUT2D eigenvalue weighted by Gasteiger charge is 2.29. The van der Waals surface area contributed by atoms with E-state index in [2.05, 4.69) is 21.0 Å². The van der Waals surface area contributed by atoms with Crippen LogP contribution in [-0.2, 0) is 17.1 Å². The fourth-order valence-electron chi connectivity index (χ4n) is 2.82. The molecular weight excluding hydrogens is 408 g/mol. The first kappa shape index (κ1) is 18.1. The van der Waals surface area contributed by atoms with Crippen molar-refractivity contribution in [3.05, 3.63) is 46.7 Å². The fraction of sp³-hybridized carbons (Fsp3) is 0.375. The third kappa shape index (κ3) is 3.78. The van der Waals surface area contributed by atoms with E-state index >= 15 is 0 Å². The number of rotatable bonds is 3. The van der Waals surface area contributed by atoms with Crippen LogP contribution in [-0.4, -0.2) is 59.5 Å². The monoisotopic (exact) mass is 426 g/mol. The Balaban J connectivity index is 1.74. The van der Waals surface area contributed by atoms with E-state index in [4.69, 9.17) is 0 Å². The van der Waals surface area contributed by atoms with E-state index in [9.17, 15) is 13.2 Å². The van der Waals surface area contributed by atoms with Crippen LogP contribution >= 0.6 is 15.9 Å². The molecule has 0 atom stereocenters. The summed E-state index contributed by atoms with van der Waals surface area (Å²) in [6, 6.07) is 7.26. The van der Waals surface area contributed by atoms with Gasteiger partial charge in [-0.1, -0.05) is 12.1 Å². The lowest BCUT2D eigenvalue weighted by atomic mass is 10.2. The van der Waals surface area contributed by atoms with Crippen molar-refractivity contribution in [1.29, 1.82) is 0 Å². The van der Waals surface area contributed by atoms with E-state index in [1.165, 1.54) is 21.4 Å². The summed E-state index contributed by atoms with van der Waals surface area (Å²) >= 11 is 3.40. The van der Waals surface area contributed by atoms with Crippen LogP contribution in [0.15, 0.2) is 46.0 Å². The van der Waals surface area contributed by atoms with Crippen molar-refractivity contribution in [2.45, 2.75) is 11.3 Å². The molecule has 0 spiro atoms. The number of hydrogen-bond donors (Lipinski definition) is 0. The summed E-state index contributed by atoms with van der Waals surface area (Å²) in [4.78, 5) is 14.6. The van der Waals surface area contributed by atoms with Gasteiger partial charge in [-0.2, -0.15) is 9.40 Å². The zero-order valence-corrected chi connectivity index (χ0v) is 16.2. The molecule has 1 amide bonds. The average molecular weight is 427 g/mol. The molecule has 1 fully saturated rings. The maximum Gasteiger partial charge on any atom is 0.255 e. The average Bonchev–Trinajstić information content (AvgIpc) is 2.88. The van der Waals surface area contributed by atoms with Crippen molar-refractivity contribution in [3.8, 4) is 0 Å². The van der Waals surface area contributed by atoms with Gasteiger partial charge in [0, 0.05) is 43.9 Å². The molecular formula is C16H19BrN4O3S. The van der Waals surface area contributed by atoms with Crippen molar-refractivity contribution < 1.29 is 13.2 Å². The van der Waals surface area contributed by atoms with Crippen LogP contribution in [0.1, 0.15) is 16.8 Å². The minimum Gasteiger partial charge on any atom is -0.337 e. The van der Waals surface area contributed by atoms with Gasteiger partial charge in [0.05, 0.1) is 11.8 Å². The molecule has 1 aromatic heterocycles. The Morgan fingerprint density at radius 1 is 1.16 bits per heavy atom. The Morgan fingerprint density at radius 3 is 2.60 bits per heavy atom. The second-order valence-corrected chi connectivity index (χ2v) is 8.67. The highest BCUT2D eigenvalue weighted by Crippen LogP contribution is 2.21. The Bertz CT molecular complexity index is 881. The normalized spacial score (nSPS) is 16.6. The Kier molecular flexibility index (Phi) is 5.26. The van der Waals surface area contributed by atoms with Crippen molar-refractivity contribution in [3.63, 3.8) is 0 Å². The number of aryl methyl sites for hydroxylation is 1. The maximum absolute atomic E-state index is 12.7. The van der Waals surface area contributed by atoms with Gasteiger partial charge in [0.15, 0.2) is 0 Å². The summed E-state index contributed by atoms with van der Waals surface area (Å²) in [6.45, 7) is 1.54. The van der Waals surface area contributed by atoms with Gasteiger partial charge < -0.3 is 4.90 Å². The van der Waals surface area contributed by atoms with Crippen LogP contribution < -0.4 is 0 Å². The predicted molar refractivity (Wildman–Crippen MR) is 96.6 cm³/mol. The summed E-state index contributed by atoms with van der Waals surface area (Å²) in [5, 5.41) is 3.93. The summed E-state index contributed by atoms with van der Waals surface area (Å²) in [5.74, 6) is -0.0897. The molecule has 1 aromatic carbocycles. The lowest BCUT2D eigenvalue weighted by Crippen LogP contribution is -2.37. The molecule has 2 heterocycles. The number of aromatic nitrogens is 2. The zero-order chi connectivity index (χ0) is 18.0. The lowest BCUT2D eigenvalue weighted by molar-refractivity contribution is 0.0763. The van der Waals surface area contributed by atoms with Gasteiger partial charge in [0.1, 0.15) is 4.90 Å².